The van der Waals surface area contributed by atoms with Crippen molar-refractivity contribution in [2.75, 3.05) is 20.2 Å². The lowest BCUT2D eigenvalue weighted by molar-refractivity contribution is -0.0971. The third kappa shape index (κ3) is 4.29. The van der Waals surface area contributed by atoms with Crippen LogP contribution >= 0.6 is 0 Å². The molecule has 1 fully saturated rings. The summed E-state index contributed by atoms with van der Waals surface area (Å²) in [5, 5.41) is 0. The van der Waals surface area contributed by atoms with Crippen molar-refractivity contribution in [2.45, 2.75) is 77.7 Å². The molecule has 0 saturated carbocycles. The lowest BCUT2D eigenvalue weighted by Crippen LogP contribution is -2.47. The number of hydrogen-bond acceptors (Lipinski definition) is 4. The minimum absolute atomic E-state index is 0.0719. The zero-order chi connectivity index (χ0) is 18.2. The number of nitrogens with zero attached hydrogens (tertiary/aromatic N) is 1. The number of rotatable bonds is 4. The molecule has 1 aromatic carbocycles. The summed E-state index contributed by atoms with van der Waals surface area (Å²) >= 11 is 0. The Labute approximate surface area is 152 Å². The molecule has 1 saturated heterocycles. The highest BCUT2D eigenvalue weighted by Gasteiger charge is 2.35. The van der Waals surface area contributed by atoms with E-state index in [4.69, 9.17) is 14.2 Å². The number of fused-ring (bicyclic) bond motifs is 3. The van der Waals surface area contributed by atoms with Crippen molar-refractivity contribution in [3.8, 4) is 11.5 Å². The van der Waals surface area contributed by atoms with Gasteiger partial charge in [0.15, 0.2) is 11.5 Å². The molecule has 140 valence electrons. The Hall–Kier alpha value is -1.26. The highest BCUT2D eigenvalue weighted by Crippen LogP contribution is 2.42. The molecule has 0 aromatic heterocycles. The van der Waals surface area contributed by atoms with Crippen LogP contribution in [0.2, 0.25) is 0 Å². The molecule has 0 amide bonds. The van der Waals surface area contributed by atoms with E-state index in [2.05, 4.69) is 51.7 Å². The molecular weight excluding hydrogens is 314 g/mol. The molecule has 4 nitrogen and oxygen atoms in total. The molecular formula is C21H33NO3. The summed E-state index contributed by atoms with van der Waals surface area (Å²) in [6.07, 6.45) is 3.80. The SMILES string of the molecule is COc1cc2c(cc1OC(C)C)CCN1CC(OC(C)(C)C)CCC21. The number of hydrogen-bond donors (Lipinski definition) is 0. The summed E-state index contributed by atoms with van der Waals surface area (Å²) in [5.74, 6) is 1.72. The first kappa shape index (κ1) is 18.5. The van der Waals surface area contributed by atoms with E-state index in [1.54, 1.807) is 7.11 Å². The van der Waals surface area contributed by atoms with Crippen LogP contribution < -0.4 is 9.47 Å². The van der Waals surface area contributed by atoms with E-state index >= 15 is 0 Å². The Balaban J connectivity index is 1.80. The lowest BCUT2D eigenvalue weighted by atomic mass is 9.85. The van der Waals surface area contributed by atoms with Crippen LogP contribution in [0.5, 0.6) is 11.5 Å². The molecule has 2 aliphatic rings. The van der Waals surface area contributed by atoms with Gasteiger partial charge in [-0.15, -0.1) is 0 Å². The van der Waals surface area contributed by atoms with Gasteiger partial charge in [-0.25, -0.2) is 0 Å². The fourth-order valence-corrected chi connectivity index (χ4v) is 4.12. The third-order valence-electron chi connectivity index (χ3n) is 4.98. The number of benzene rings is 1. The van der Waals surface area contributed by atoms with Crippen LogP contribution in [0.4, 0.5) is 0 Å². The van der Waals surface area contributed by atoms with Gasteiger partial charge >= 0.3 is 0 Å². The fourth-order valence-electron chi connectivity index (χ4n) is 4.12. The molecule has 25 heavy (non-hydrogen) atoms. The second-order valence-electron chi connectivity index (χ2n) is 8.56. The molecule has 2 unspecified atom stereocenters. The number of piperidine rings is 1. The van der Waals surface area contributed by atoms with Gasteiger partial charge in [0.2, 0.25) is 0 Å². The molecule has 0 radical (unpaired) electrons. The maximum atomic E-state index is 6.24. The van der Waals surface area contributed by atoms with Crippen molar-refractivity contribution in [1.82, 2.24) is 4.90 Å². The Morgan fingerprint density at radius 2 is 1.88 bits per heavy atom. The van der Waals surface area contributed by atoms with Gasteiger partial charge in [-0.1, -0.05) is 0 Å². The molecule has 2 atom stereocenters. The summed E-state index contributed by atoms with van der Waals surface area (Å²) in [6.45, 7) is 12.7. The topological polar surface area (TPSA) is 30.9 Å². The molecule has 2 heterocycles. The molecule has 0 N–H and O–H groups in total. The zero-order valence-corrected chi connectivity index (χ0v) is 16.6. The Bertz CT molecular complexity index is 606. The van der Waals surface area contributed by atoms with Crippen LogP contribution in [0.15, 0.2) is 12.1 Å². The molecule has 4 heteroatoms. The average molecular weight is 347 g/mol. The highest BCUT2D eigenvalue weighted by molar-refractivity contribution is 5.49. The van der Waals surface area contributed by atoms with E-state index in [-0.39, 0.29) is 11.7 Å². The summed E-state index contributed by atoms with van der Waals surface area (Å²) in [4.78, 5) is 2.59. The van der Waals surface area contributed by atoms with Crippen molar-refractivity contribution in [1.29, 1.82) is 0 Å². The van der Waals surface area contributed by atoms with Crippen LogP contribution in [-0.2, 0) is 11.2 Å². The second-order valence-corrected chi connectivity index (χ2v) is 8.56. The Morgan fingerprint density at radius 3 is 2.52 bits per heavy atom. The fraction of sp³-hybridized carbons (Fsp3) is 0.714. The lowest BCUT2D eigenvalue weighted by Gasteiger charge is -2.45. The first-order chi connectivity index (χ1) is 11.8. The van der Waals surface area contributed by atoms with E-state index < -0.39 is 0 Å². The molecule has 0 aliphatic carbocycles. The van der Waals surface area contributed by atoms with E-state index in [0.717, 1.165) is 43.9 Å². The van der Waals surface area contributed by atoms with Crippen molar-refractivity contribution in [3.63, 3.8) is 0 Å². The summed E-state index contributed by atoms with van der Waals surface area (Å²) < 4.78 is 17.8. The molecule has 2 aliphatic heterocycles. The number of ether oxygens (including phenoxy) is 3. The normalized spacial score (nSPS) is 24.0. The van der Waals surface area contributed by atoms with E-state index in [0.29, 0.717) is 12.1 Å². The quantitative estimate of drug-likeness (QED) is 0.810. The average Bonchev–Trinajstić information content (AvgIpc) is 2.51. The van der Waals surface area contributed by atoms with Gasteiger partial charge < -0.3 is 14.2 Å². The van der Waals surface area contributed by atoms with Gasteiger partial charge in [0.1, 0.15) is 0 Å². The smallest absolute Gasteiger partial charge is 0.161 e. The monoisotopic (exact) mass is 347 g/mol. The van der Waals surface area contributed by atoms with Gasteiger partial charge in [0, 0.05) is 19.1 Å². The standard InChI is InChI=1S/C21H33NO3/c1-14(2)24-20-11-15-9-10-22-13-16(25-21(3,4)5)7-8-18(22)17(15)12-19(20)23-6/h11-12,14,16,18H,7-10,13H2,1-6H3. The Morgan fingerprint density at radius 1 is 1.12 bits per heavy atom. The second kappa shape index (κ2) is 7.16. The van der Waals surface area contributed by atoms with Gasteiger partial charge in [0.25, 0.3) is 0 Å². The van der Waals surface area contributed by atoms with Crippen LogP contribution in [0.1, 0.15) is 64.6 Å². The molecule has 0 bridgehead atoms. The van der Waals surface area contributed by atoms with Crippen LogP contribution in [0, 0.1) is 0 Å². The van der Waals surface area contributed by atoms with Gasteiger partial charge in [-0.05, 0) is 77.1 Å². The number of methoxy groups -OCH3 is 1. The van der Waals surface area contributed by atoms with E-state index in [9.17, 15) is 0 Å². The predicted molar refractivity (Wildman–Crippen MR) is 101 cm³/mol. The first-order valence-corrected chi connectivity index (χ1v) is 9.56. The predicted octanol–water partition coefficient (Wildman–Crippen LogP) is 4.36. The van der Waals surface area contributed by atoms with Crippen LogP contribution in [0.25, 0.3) is 0 Å². The van der Waals surface area contributed by atoms with E-state index in [1.807, 2.05) is 0 Å². The largest absolute Gasteiger partial charge is 0.493 e. The van der Waals surface area contributed by atoms with Crippen molar-refractivity contribution < 1.29 is 14.2 Å². The maximum absolute atomic E-state index is 6.24. The highest BCUT2D eigenvalue weighted by atomic mass is 16.5. The van der Waals surface area contributed by atoms with Crippen molar-refractivity contribution >= 4 is 0 Å². The summed E-state index contributed by atoms with van der Waals surface area (Å²) in [7, 11) is 1.73. The van der Waals surface area contributed by atoms with Crippen LogP contribution in [-0.4, -0.2) is 42.9 Å². The summed E-state index contributed by atoms with van der Waals surface area (Å²) in [6, 6.07) is 4.88. The van der Waals surface area contributed by atoms with Gasteiger partial charge in [0.05, 0.1) is 24.9 Å². The Kier molecular flexibility index (Phi) is 5.31. The van der Waals surface area contributed by atoms with Crippen molar-refractivity contribution in [2.24, 2.45) is 0 Å². The molecule has 3 rings (SSSR count). The zero-order valence-electron chi connectivity index (χ0n) is 16.6. The van der Waals surface area contributed by atoms with Crippen molar-refractivity contribution in [3.05, 3.63) is 23.3 Å². The maximum Gasteiger partial charge on any atom is 0.161 e. The minimum atomic E-state index is -0.0719. The molecule has 0 spiro atoms. The van der Waals surface area contributed by atoms with Gasteiger partial charge in [-0.2, -0.15) is 0 Å². The first-order valence-electron chi connectivity index (χ1n) is 9.56. The minimum Gasteiger partial charge on any atom is -0.493 e. The summed E-state index contributed by atoms with van der Waals surface area (Å²) in [5.41, 5.74) is 2.75. The van der Waals surface area contributed by atoms with E-state index in [1.165, 1.54) is 11.1 Å². The van der Waals surface area contributed by atoms with Crippen LogP contribution in [0.3, 0.4) is 0 Å². The third-order valence-corrected chi connectivity index (χ3v) is 4.98. The van der Waals surface area contributed by atoms with Gasteiger partial charge in [-0.3, -0.25) is 4.90 Å². The molecule has 1 aromatic rings.